The Hall–Kier alpha value is -2.18. The number of aliphatic carboxylic acids is 1. The van der Waals surface area contributed by atoms with Crippen LogP contribution in [-0.4, -0.2) is 40.9 Å². The number of ketones is 1. The highest BCUT2D eigenvalue weighted by molar-refractivity contribution is 6.00. The molecule has 1 amide bonds. The van der Waals surface area contributed by atoms with Gasteiger partial charge in [-0.2, -0.15) is 0 Å². The molecule has 0 radical (unpaired) electrons. The summed E-state index contributed by atoms with van der Waals surface area (Å²) in [5.41, 5.74) is 0.739. The van der Waals surface area contributed by atoms with Crippen LogP contribution in [0.4, 0.5) is 0 Å². The normalized spacial score (nSPS) is 34.8. The van der Waals surface area contributed by atoms with E-state index in [1.165, 1.54) is 5.57 Å². The first-order valence-electron chi connectivity index (χ1n) is 21.3. The van der Waals surface area contributed by atoms with Crippen molar-refractivity contribution in [2.75, 3.05) is 0 Å². The van der Waals surface area contributed by atoms with E-state index in [1.54, 1.807) is 13.8 Å². The summed E-state index contributed by atoms with van der Waals surface area (Å²) < 4.78 is 6.59. The van der Waals surface area contributed by atoms with Crippen LogP contribution >= 0.6 is 0 Å². The highest BCUT2D eigenvalue weighted by Crippen LogP contribution is 2.65. The van der Waals surface area contributed by atoms with Gasteiger partial charge in [0.05, 0.1) is 11.8 Å². The number of hydrogen-bond acceptors (Lipinski definition) is 5. The van der Waals surface area contributed by atoms with Gasteiger partial charge in [0.2, 0.25) is 5.91 Å². The number of allylic oxidation sites excluding steroid dienone is 1. The maximum absolute atomic E-state index is 14.1. The third kappa shape index (κ3) is 8.35. The zero-order valence-electron chi connectivity index (χ0n) is 36.2. The number of hydrogen-bond donors (Lipinski definition) is 2. The molecular formula is C46H77NO6. The zero-order valence-corrected chi connectivity index (χ0v) is 36.2. The Morgan fingerprint density at radius 1 is 0.906 bits per heavy atom. The van der Waals surface area contributed by atoms with Gasteiger partial charge in [-0.1, -0.05) is 95.1 Å². The van der Waals surface area contributed by atoms with E-state index in [2.05, 4.69) is 88.4 Å². The van der Waals surface area contributed by atoms with Crippen LogP contribution < -0.4 is 5.32 Å². The van der Waals surface area contributed by atoms with Crippen LogP contribution in [0.5, 0.6) is 0 Å². The Kier molecular flexibility index (Phi) is 12.7. The van der Waals surface area contributed by atoms with Crippen molar-refractivity contribution in [2.24, 2.45) is 62.1 Å². The largest absolute Gasteiger partial charge is 0.481 e. The fraction of sp³-hybridized carbons (Fsp3) is 0.870. The number of rotatable bonds is 10. The highest BCUT2D eigenvalue weighted by atomic mass is 16.5. The van der Waals surface area contributed by atoms with Crippen molar-refractivity contribution in [2.45, 2.75) is 193 Å². The van der Waals surface area contributed by atoms with Crippen LogP contribution in [0, 0.1) is 62.1 Å². The van der Waals surface area contributed by atoms with Crippen molar-refractivity contribution >= 4 is 23.6 Å². The Morgan fingerprint density at radius 3 is 2.11 bits per heavy atom. The Morgan fingerprint density at radius 2 is 1.55 bits per heavy atom. The average molecular weight is 740 g/mol. The molecule has 0 spiro atoms. The number of carboxylic acid groups (broad SMARTS) is 1. The van der Waals surface area contributed by atoms with Gasteiger partial charge in [-0.05, 0) is 128 Å². The van der Waals surface area contributed by atoms with E-state index in [0.29, 0.717) is 37.0 Å². The molecule has 53 heavy (non-hydrogen) atoms. The van der Waals surface area contributed by atoms with Gasteiger partial charge in [-0.25, -0.2) is 0 Å². The smallest absolute Gasteiger partial charge is 0.309 e. The van der Waals surface area contributed by atoms with E-state index in [1.807, 2.05) is 0 Å². The first-order chi connectivity index (χ1) is 24.3. The van der Waals surface area contributed by atoms with Crippen LogP contribution in [0.25, 0.3) is 0 Å². The Labute approximate surface area is 323 Å². The Balaban J connectivity index is 1.64. The number of esters is 1. The molecule has 4 aliphatic carbocycles. The summed E-state index contributed by atoms with van der Waals surface area (Å²) in [5, 5.41) is 12.9. The average Bonchev–Trinajstić information content (AvgIpc) is 3.32. The number of carboxylic acids is 1. The minimum Gasteiger partial charge on any atom is -0.481 e. The van der Waals surface area contributed by atoms with Crippen LogP contribution in [0.15, 0.2) is 11.1 Å². The molecule has 0 heterocycles. The lowest BCUT2D eigenvalue weighted by molar-refractivity contribution is -0.161. The van der Waals surface area contributed by atoms with E-state index in [9.17, 15) is 24.3 Å². The predicted molar refractivity (Wildman–Crippen MR) is 213 cm³/mol. The molecule has 9 unspecified atom stereocenters. The van der Waals surface area contributed by atoms with Gasteiger partial charge in [0, 0.05) is 24.3 Å². The second-order valence-corrected chi connectivity index (χ2v) is 21.6. The molecule has 4 rings (SSSR count). The summed E-state index contributed by atoms with van der Waals surface area (Å²) in [6.45, 7) is 30.3. The van der Waals surface area contributed by atoms with Crippen LogP contribution in [0.2, 0.25) is 0 Å². The van der Waals surface area contributed by atoms with E-state index in [0.717, 1.165) is 63.4 Å². The van der Waals surface area contributed by atoms with Gasteiger partial charge < -0.3 is 15.2 Å². The van der Waals surface area contributed by atoms with Crippen LogP contribution in [0.1, 0.15) is 180 Å². The van der Waals surface area contributed by atoms with Crippen molar-refractivity contribution in [1.29, 1.82) is 0 Å². The minimum absolute atomic E-state index is 0.0166. The number of Topliss-reactive ketones (excluding diaryl/α,β-unsaturated/α-hetero) is 1. The van der Waals surface area contributed by atoms with E-state index < -0.39 is 16.8 Å². The topological polar surface area (TPSA) is 110 Å². The molecule has 3 saturated carbocycles. The van der Waals surface area contributed by atoms with E-state index >= 15 is 0 Å². The summed E-state index contributed by atoms with van der Waals surface area (Å²) >= 11 is 0. The summed E-state index contributed by atoms with van der Waals surface area (Å²) in [6.07, 6.45) is 10.4. The van der Waals surface area contributed by atoms with Crippen molar-refractivity contribution in [3.05, 3.63) is 11.1 Å². The SMILES string of the molecule is CCC(OC(=O)CC(C)(C)C(C)(C)C)C12CCCC3(C)CCC4C(C)C(NC(=O)CC(C)(C)C(=O)O)CCC4(C)C3CCC(C)C1=C(C(C)C)C(=O)C2. The van der Waals surface area contributed by atoms with Gasteiger partial charge in [-0.3, -0.25) is 19.2 Å². The maximum Gasteiger partial charge on any atom is 0.309 e. The predicted octanol–water partition coefficient (Wildman–Crippen LogP) is 10.7. The maximum atomic E-state index is 14.1. The van der Waals surface area contributed by atoms with Crippen LogP contribution in [0.3, 0.4) is 0 Å². The van der Waals surface area contributed by atoms with Crippen LogP contribution in [-0.2, 0) is 23.9 Å². The fourth-order valence-electron chi connectivity index (χ4n) is 11.9. The van der Waals surface area contributed by atoms with Gasteiger partial charge in [0.25, 0.3) is 0 Å². The summed E-state index contributed by atoms with van der Waals surface area (Å²) in [6, 6.07) is 0.0551. The van der Waals surface area contributed by atoms with Crippen molar-refractivity contribution in [3.8, 4) is 0 Å². The Bertz CT molecular complexity index is 1430. The molecule has 0 aromatic rings. The lowest BCUT2D eigenvalue weighted by atomic mass is 9.44. The quantitative estimate of drug-likeness (QED) is 0.216. The van der Waals surface area contributed by atoms with Crippen molar-refractivity contribution in [3.63, 3.8) is 0 Å². The molecule has 7 heteroatoms. The molecule has 9 atom stereocenters. The fourth-order valence-corrected chi connectivity index (χ4v) is 11.9. The molecule has 0 bridgehead atoms. The second kappa shape index (κ2) is 15.4. The third-order valence-electron chi connectivity index (χ3n) is 16.1. The van der Waals surface area contributed by atoms with Gasteiger partial charge >= 0.3 is 11.9 Å². The molecule has 4 aliphatic rings. The van der Waals surface area contributed by atoms with Gasteiger partial charge in [-0.15, -0.1) is 0 Å². The number of ether oxygens (including phenoxy) is 1. The summed E-state index contributed by atoms with van der Waals surface area (Å²) in [4.78, 5) is 52.8. The zero-order chi connectivity index (χ0) is 40.1. The molecule has 0 aliphatic heterocycles. The second-order valence-electron chi connectivity index (χ2n) is 21.6. The molecule has 0 aromatic heterocycles. The molecule has 0 aromatic carbocycles. The molecule has 0 saturated heterocycles. The number of fused-ring (bicyclic) bond motifs is 4. The number of nitrogens with one attached hydrogen (secondary N) is 1. The molecule has 302 valence electrons. The highest BCUT2D eigenvalue weighted by Gasteiger charge is 2.59. The standard InChI is InChI=1S/C46H77NO6/c1-15-35(53-37(50)27-43(11,12)41(6,7)8)46-22-16-21-44(13)23-19-31-30(5)32(47-36(49)26-42(9,10)40(51)52)20-24-45(31,14)34(44)18-17-29(4)39(46)38(28(2)3)33(48)25-46/h28-32,34-35H,15-27H2,1-14H3,(H,47,49)(H,51,52). The lowest BCUT2D eigenvalue weighted by Crippen LogP contribution is -2.58. The first kappa shape index (κ1) is 43.5. The van der Waals surface area contributed by atoms with Gasteiger partial charge in [0.15, 0.2) is 5.78 Å². The lowest BCUT2D eigenvalue weighted by Gasteiger charge is -2.62. The summed E-state index contributed by atoms with van der Waals surface area (Å²) in [5.74, 6) is 0.618. The van der Waals surface area contributed by atoms with Gasteiger partial charge in [0.1, 0.15) is 6.10 Å². The molecule has 2 N–H and O–H groups in total. The third-order valence-corrected chi connectivity index (χ3v) is 16.1. The monoisotopic (exact) mass is 740 g/mol. The first-order valence-corrected chi connectivity index (χ1v) is 21.3. The van der Waals surface area contributed by atoms with E-state index in [-0.39, 0.29) is 69.7 Å². The number of carbonyl (C=O) groups excluding carboxylic acids is 3. The molecular weight excluding hydrogens is 663 g/mol. The molecule has 3 fully saturated rings. The van der Waals surface area contributed by atoms with Crippen molar-refractivity contribution in [1.82, 2.24) is 5.32 Å². The van der Waals surface area contributed by atoms with E-state index in [4.69, 9.17) is 4.74 Å². The number of amides is 1. The minimum atomic E-state index is -1.09. The number of carbonyl (C=O) groups is 4. The molecule has 7 nitrogen and oxygen atoms in total. The van der Waals surface area contributed by atoms with Crippen molar-refractivity contribution < 1.29 is 29.0 Å². The summed E-state index contributed by atoms with van der Waals surface area (Å²) in [7, 11) is 0.